The molecule has 5 nitrogen and oxygen atoms in total. The largest absolute Gasteiger partial charge is 0.489 e. The van der Waals surface area contributed by atoms with Crippen LogP contribution in [-0.4, -0.2) is 56.4 Å². The molecule has 6 heteroatoms. The van der Waals surface area contributed by atoms with Gasteiger partial charge >= 0.3 is 0 Å². The minimum Gasteiger partial charge on any atom is -0.489 e. The zero-order valence-electron chi connectivity index (χ0n) is 14.0. The molecule has 2 bridgehead atoms. The molecule has 0 radical (unpaired) electrons. The molecule has 0 saturated carbocycles. The Morgan fingerprint density at radius 1 is 1.29 bits per heavy atom. The standard InChI is InChI=1S/C18H24FN3O2/c1-20-18(21-8-9-23-17-5-3-2-4-14(17)19)22-10-12-13(11-22)16-7-6-15(12)24-16/h2-5,12-13,15-16H,6-11H2,1H3,(H,20,21). The SMILES string of the molecule is CN=C(NCCOc1ccccc1F)N1CC2C3CCC(O3)C2C1. The molecule has 1 N–H and O–H groups in total. The first-order valence-electron chi connectivity index (χ1n) is 8.74. The summed E-state index contributed by atoms with van der Waals surface area (Å²) in [5.74, 6) is 2.17. The Morgan fingerprint density at radius 3 is 2.67 bits per heavy atom. The number of hydrogen-bond acceptors (Lipinski definition) is 3. The summed E-state index contributed by atoms with van der Waals surface area (Å²) in [6.07, 6.45) is 3.32. The lowest BCUT2D eigenvalue weighted by Gasteiger charge is -2.23. The van der Waals surface area contributed by atoms with Gasteiger partial charge in [-0.3, -0.25) is 4.99 Å². The summed E-state index contributed by atoms with van der Waals surface area (Å²) >= 11 is 0. The van der Waals surface area contributed by atoms with Crippen molar-refractivity contribution in [2.75, 3.05) is 33.3 Å². The normalized spacial score (nSPS) is 31.4. The lowest BCUT2D eigenvalue weighted by atomic mass is 9.82. The molecule has 0 aromatic heterocycles. The second-order valence-corrected chi connectivity index (χ2v) is 6.78. The Bertz CT molecular complexity index is 606. The summed E-state index contributed by atoms with van der Waals surface area (Å²) in [5, 5.41) is 3.33. The number of guanidine groups is 1. The molecule has 4 rings (SSSR count). The molecule has 3 aliphatic rings. The molecule has 0 spiro atoms. The van der Waals surface area contributed by atoms with Gasteiger partial charge in [-0.15, -0.1) is 0 Å². The van der Waals surface area contributed by atoms with Crippen LogP contribution in [0, 0.1) is 17.7 Å². The van der Waals surface area contributed by atoms with Gasteiger partial charge in [-0.05, 0) is 25.0 Å². The summed E-state index contributed by atoms with van der Waals surface area (Å²) < 4.78 is 25.0. The van der Waals surface area contributed by atoms with Crippen molar-refractivity contribution in [2.24, 2.45) is 16.8 Å². The van der Waals surface area contributed by atoms with E-state index in [9.17, 15) is 4.39 Å². The Kier molecular flexibility index (Phi) is 4.31. The van der Waals surface area contributed by atoms with Crippen molar-refractivity contribution in [3.8, 4) is 5.75 Å². The molecule has 4 atom stereocenters. The Balaban J connectivity index is 1.26. The van der Waals surface area contributed by atoms with E-state index in [0.29, 0.717) is 42.9 Å². The first-order valence-corrected chi connectivity index (χ1v) is 8.74. The minimum absolute atomic E-state index is 0.290. The van der Waals surface area contributed by atoms with Crippen molar-refractivity contribution in [2.45, 2.75) is 25.0 Å². The number of fused-ring (bicyclic) bond motifs is 5. The predicted octanol–water partition coefficient (Wildman–Crippen LogP) is 1.89. The molecule has 1 aromatic carbocycles. The zero-order chi connectivity index (χ0) is 16.5. The summed E-state index contributed by atoms with van der Waals surface area (Å²) in [7, 11) is 1.80. The van der Waals surface area contributed by atoms with Crippen LogP contribution >= 0.6 is 0 Å². The summed E-state index contributed by atoms with van der Waals surface area (Å²) in [6.45, 7) is 3.02. The van der Waals surface area contributed by atoms with Crippen molar-refractivity contribution < 1.29 is 13.9 Å². The fourth-order valence-corrected chi connectivity index (χ4v) is 4.35. The van der Waals surface area contributed by atoms with E-state index in [1.807, 2.05) is 0 Å². The third-order valence-electron chi connectivity index (χ3n) is 5.44. The third kappa shape index (κ3) is 2.83. The lowest BCUT2D eigenvalue weighted by Crippen LogP contribution is -2.42. The molecular weight excluding hydrogens is 309 g/mol. The molecule has 24 heavy (non-hydrogen) atoms. The van der Waals surface area contributed by atoms with E-state index in [1.54, 1.807) is 25.2 Å². The van der Waals surface area contributed by atoms with E-state index in [-0.39, 0.29) is 5.82 Å². The van der Waals surface area contributed by atoms with E-state index < -0.39 is 0 Å². The molecule has 3 saturated heterocycles. The van der Waals surface area contributed by atoms with E-state index >= 15 is 0 Å². The number of likely N-dealkylation sites (tertiary alicyclic amines) is 1. The number of benzene rings is 1. The Labute approximate surface area is 141 Å². The van der Waals surface area contributed by atoms with Gasteiger partial charge in [0, 0.05) is 32.0 Å². The molecular formula is C18H24FN3O2. The van der Waals surface area contributed by atoms with Gasteiger partial charge in [0.05, 0.1) is 18.8 Å². The molecule has 130 valence electrons. The maximum absolute atomic E-state index is 13.5. The quantitative estimate of drug-likeness (QED) is 0.519. The van der Waals surface area contributed by atoms with Crippen LogP contribution in [0.1, 0.15) is 12.8 Å². The van der Waals surface area contributed by atoms with Crippen molar-refractivity contribution in [3.63, 3.8) is 0 Å². The number of ether oxygens (including phenoxy) is 2. The fraction of sp³-hybridized carbons (Fsp3) is 0.611. The molecule has 3 aliphatic heterocycles. The lowest BCUT2D eigenvalue weighted by molar-refractivity contribution is 0.0767. The van der Waals surface area contributed by atoms with Crippen LogP contribution in [0.5, 0.6) is 5.75 Å². The number of aliphatic imine (C=N–C) groups is 1. The monoisotopic (exact) mass is 333 g/mol. The van der Waals surface area contributed by atoms with Crippen LogP contribution in [0.15, 0.2) is 29.3 Å². The van der Waals surface area contributed by atoms with Gasteiger partial charge in [0.2, 0.25) is 0 Å². The molecule has 3 heterocycles. The van der Waals surface area contributed by atoms with Crippen LogP contribution in [-0.2, 0) is 4.74 Å². The highest BCUT2D eigenvalue weighted by molar-refractivity contribution is 5.80. The van der Waals surface area contributed by atoms with Gasteiger partial charge in [0.25, 0.3) is 0 Å². The summed E-state index contributed by atoms with van der Waals surface area (Å²) in [6, 6.07) is 6.47. The number of nitrogens with one attached hydrogen (secondary N) is 1. The first-order chi connectivity index (χ1) is 11.8. The van der Waals surface area contributed by atoms with Gasteiger partial charge in [0.1, 0.15) is 6.61 Å². The van der Waals surface area contributed by atoms with E-state index in [4.69, 9.17) is 9.47 Å². The molecule has 4 unspecified atom stereocenters. The van der Waals surface area contributed by atoms with Crippen molar-refractivity contribution in [1.82, 2.24) is 10.2 Å². The highest BCUT2D eigenvalue weighted by atomic mass is 19.1. The third-order valence-corrected chi connectivity index (χ3v) is 5.44. The van der Waals surface area contributed by atoms with Crippen LogP contribution in [0.25, 0.3) is 0 Å². The van der Waals surface area contributed by atoms with Crippen LogP contribution in [0.4, 0.5) is 4.39 Å². The van der Waals surface area contributed by atoms with Crippen molar-refractivity contribution >= 4 is 5.96 Å². The maximum atomic E-state index is 13.5. The van der Waals surface area contributed by atoms with Gasteiger partial charge < -0.3 is 19.7 Å². The number of rotatable bonds is 4. The predicted molar refractivity (Wildman–Crippen MR) is 89.7 cm³/mol. The molecule has 1 aromatic rings. The number of halogens is 1. The molecule has 0 amide bonds. The fourth-order valence-electron chi connectivity index (χ4n) is 4.35. The van der Waals surface area contributed by atoms with Gasteiger partial charge in [-0.1, -0.05) is 12.1 Å². The Morgan fingerprint density at radius 2 is 2.00 bits per heavy atom. The summed E-state index contributed by atoms with van der Waals surface area (Å²) in [4.78, 5) is 6.72. The van der Waals surface area contributed by atoms with E-state index in [2.05, 4.69) is 15.2 Å². The second kappa shape index (κ2) is 6.59. The van der Waals surface area contributed by atoms with E-state index in [1.165, 1.54) is 18.9 Å². The topological polar surface area (TPSA) is 46.1 Å². The van der Waals surface area contributed by atoms with Crippen molar-refractivity contribution in [3.05, 3.63) is 30.1 Å². The average molecular weight is 333 g/mol. The van der Waals surface area contributed by atoms with Crippen molar-refractivity contribution in [1.29, 1.82) is 0 Å². The van der Waals surface area contributed by atoms with Gasteiger partial charge in [0.15, 0.2) is 17.5 Å². The van der Waals surface area contributed by atoms with E-state index in [0.717, 1.165) is 19.0 Å². The van der Waals surface area contributed by atoms with Crippen LogP contribution in [0.3, 0.4) is 0 Å². The highest BCUT2D eigenvalue weighted by Crippen LogP contribution is 2.47. The van der Waals surface area contributed by atoms with Crippen LogP contribution in [0.2, 0.25) is 0 Å². The number of para-hydroxylation sites is 1. The second-order valence-electron chi connectivity index (χ2n) is 6.78. The smallest absolute Gasteiger partial charge is 0.193 e. The minimum atomic E-state index is -0.329. The zero-order valence-corrected chi connectivity index (χ0v) is 14.0. The average Bonchev–Trinajstić information content (AvgIpc) is 3.29. The van der Waals surface area contributed by atoms with Gasteiger partial charge in [-0.25, -0.2) is 4.39 Å². The maximum Gasteiger partial charge on any atom is 0.193 e. The first kappa shape index (κ1) is 15.7. The number of nitrogens with zero attached hydrogens (tertiary/aromatic N) is 2. The number of hydrogen-bond donors (Lipinski definition) is 1. The summed E-state index contributed by atoms with van der Waals surface area (Å²) in [5.41, 5.74) is 0. The Hall–Kier alpha value is -1.82. The molecule has 3 fully saturated rings. The van der Waals surface area contributed by atoms with Crippen LogP contribution < -0.4 is 10.1 Å². The van der Waals surface area contributed by atoms with Gasteiger partial charge in [-0.2, -0.15) is 0 Å². The highest BCUT2D eigenvalue weighted by Gasteiger charge is 2.53. The molecule has 0 aliphatic carbocycles.